The number of benzene rings is 7. The van der Waals surface area contributed by atoms with Crippen LogP contribution < -0.4 is 41.5 Å². The molecule has 0 aliphatic heterocycles. The third kappa shape index (κ3) is 9.73. The van der Waals surface area contributed by atoms with Gasteiger partial charge in [0.25, 0.3) is 0 Å². The number of para-hydroxylation sites is 2. The molecule has 0 bridgehead atoms. The molecule has 0 amide bonds. The zero-order valence-corrected chi connectivity index (χ0v) is 33.9. The molecule has 2 aromatic heterocycles. The van der Waals surface area contributed by atoms with Gasteiger partial charge in [-0.05, 0) is 102 Å². The molecule has 9 rings (SSSR count). The molecule has 0 aliphatic carbocycles. The van der Waals surface area contributed by atoms with E-state index in [-0.39, 0.29) is 17.1 Å². The first-order valence-electron chi connectivity index (χ1n) is 18.6. The maximum Gasteiger partial charge on any atom is 1.00 e. The molecular weight excluding hydrogens is 784 g/mol. The van der Waals surface area contributed by atoms with Crippen LogP contribution in [0.4, 0.5) is 0 Å². The van der Waals surface area contributed by atoms with E-state index in [1.807, 2.05) is 48.5 Å². The molecule has 0 spiro atoms. The van der Waals surface area contributed by atoms with Gasteiger partial charge in [0.15, 0.2) is 11.5 Å². The van der Waals surface area contributed by atoms with Crippen LogP contribution in [0.1, 0.15) is 0 Å². The van der Waals surface area contributed by atoms with Crippen LogP contribution in [-0.2, 0) is 17.1 Å². The first-order chi connectivity index (χ1) is 27.8. The monoisotopic (exact) mass is 823 g/mol. The normalized spacial score (nSPS) is 10.6. The van der Waals surface area contributed by atoms with Crippen LogP contribution >= 0.6 is 15.8 Å². The zero-order chi connectivity index (χ0) is 37.8. The Morgan fingerprint density at radius 2 is 0.772 bits per heavy atom. The van der Waals surface area contributed by atoms with Gasteiger partial charge in [0.2, 0.25) is 0 Å². The van der Waals surface area contributed by atoms with Gasteiger partial charge in [-0.25, -0.2) is 0 Å². The molecule has 7 aromatic carbocycles. The molecule has 0 N–H and O–H groups in total. The number of aromatic nitrogens is 3. The van der Waals surface area contributed by atoms with Crippen molar-refractivity contribution in [1.29, 1.82) is 0 Å². The Morgan fingerprint density at radius 1 is 0.386 bits per heavy atom. The van der Waals surface area contributed by atoms with E-state index in [4.69, 9.17) is 4.74 Å². The average molecular weight is 824 g/mol. The van der Waals surface area contributed by atoms with Crippen LogP contribution in [0.3, 0.4) is 0 Å². The van der Waals surface area contributed by atoms with Crippen molar-refractivity contribution in [3.63, 3.8) is 0 Å². The number of rotatable bonds is 10. The summed E-state index contributed by atoms with van der Waals surface area (Å²) in [6, 6.07) is 76.3. The summed E-state index contributed by atoms with van der Waals surface area (Å²) in [5.41, 5.74) is 2.75. The Morgan fingerprint density at radius 3 is 1.19 bits per heavy atom. The average Bonchev–Trinajstić information content (AvgIpc) is 3.78. The largest absolute Gasteiger partial charge is 1.00 e. The van der Waals surface area contributed by atoms with Crippen molar-refractivity contribution in [1.82, 2.24) is 15.0 Å². The van der Waals surface area contributed by atoms with Crippen molar-refractivity contribution in [3.8, 4) is 34.3 Å². The second kappa shape index (κ2) is 19.8. The van der Waals surface area contributed by atoms with Crippen molar-refractivity contribution < 1.29 is 21.8 Å². The summed E-state index contributed by atoms with van der Waals surface area (Å²) in [6.45, 7) is 0. The van der Waals surface area contributed by atoms with E-state index < -0.39 is 15.8 Å². The van der Waals surface area contributed by atoms with E-state index in [2.05, 4.69) is 185 Å². The second-order valence-electron chi connectivity index (χ2n) is 13.0. The minimum atomic E-state index is -1.28. The summed E-state index contributed by atoms with van der Waals surface area (Å²) in [5, 5.41) is 7.88. The number of hydrogen-bond donors (Lipinski definition) is 0. The second-order valence-corrected chi connectivity index (χ2v) is 17.9. The molecule has 7 heteroatoms. The van der Waals surface area contributed by atoms with E-state index >= 15 is 0 Å². The SMILES string of the molecule is [Cu+].c1ccc(-c2c[n-]c(-c3ccccn3)n2)cc1.c1ccc([PH+](c2ccccc2)c2ccccc2Oc2ccccc2[PH+](c2ccccc2)c2ccccc2)cc1. The fourth-order valence-corrected chi connectivity index (χ4v) is 12.0. The van der Waals surface area contributed by atoms with Crippen LogP contribution in [0.2, 0.25) is 0 Å². The smallest absolute Gasteiger partial charge is 0.449 e. The number of pyridine rings is 1. The van der Waals surface area contributed by atoms with Crippen molar-refractivity contribution >= 4 is 47.7 Å². The molecule has 2 heterocycles. The molecule has 0 radical (unpaired) electrons. The Hall–Kier alpha value is -5.92. The van der Waals surface area contributed by atoms with Gasteiger partial charge in [0.1, 0.15) is 47.7 Å². The molecule has 0 saturated heterocycles. The third-order valence-electron chi connectivity index (χ3n) is 9.28. The maximum atomic E-state index is 6.94. The molecule has 4 nitrogen and oxygen atoms in total. The van der Waals surface area contributed by atoms with Crippen LogP contribution in [0.5, 0.6) is 11.5 Å². The van der Waals surface area contributed by atoms with Crippen LogP contribution in [0.15, 0.2) is 231 Å². The number of nitrogens with zero attached hydrogens (tertiary/aromatic N) is 3. The molecule has 0 saturated carbocycles. The molecule has 0 aliphatic rings. The minimum absolute atomic E-state index is 0. The van der Waals surface area contributed by atoms with Gasteiger partial charge < -0.3 is 14.7 Å². The Kier molecular flexibility index (Phi) is 13.6. The number of imidazole rings is 1. The molecule has 0 fully saturated rings. The van der Waals surface area contributed by atoms with Gasteiger partial charge in [-0.3, -0.25) is 4.98 Å². The summed E-state index contributed by atoms with van der Waals surface area (Å²) in [7, 11) is -2.56. The Balaban J connectivity index is 0.000000230. The quantitative estimate of drug-likeness (QED) is 0.102. The standard InChI is InChI=1S/C36H28OP2.C14H10N3.Cu/c1-5-17-29(18-6-1)38(30-19-7-2-8-20-30)35-27-15-13-25-33(35)37-34-26-14-16-28-36(34)39(31-21-9-3-10-22-31)32-23-11-4-12-24-32;1-2-6-11(7-3-1)13-10-16-14(17-13)12-8-4-5-9-15-12;/h1-28H;1-10H;/q;-1;+1/p+2. The summed E-state index contributed by atoms with van der Waals surface area (Å²) in [5.74, 6) is 2.52. The van der Waals surface area contributed by atoms with E-state index in [0.717, 1.165) is 28.5 Å². The van der Waals surface area contributed by atoms with E-state index in [1.165, 1.54) is 31.8 Å². The van der Waals surface area contributed by atoms with E-state index in [1.54, 1.807) is 12.4 Å². The van der Waals surface area contributed by atoms with Gasteiger partial charge in [0.05, 0.1) is 5.69 Å². The summed E-state index contributed by atoms with van der Waals surface area (Å²) in [4.78, 5) is 13.0. The van der Waals surface area contributed by atoms with Crippen LogP contribution in [-0.4, -0.2) is 9.97 Å². The summed E-state index contributed by atoms with van der Waals surface area (Å²) >= 11 is 0. The van der Waals surface area contributed by atoms with Crippen molar-refractivity contribution in [2.75, 3.05) is 0 Å². The molecule has 0 unspecified atom stereocenters. The first kappa shape index (κ1) is 39.3. The van der Waals surface area contributed by atoms with E-state index in [9.17, 15) is 0 Å². The predicted molar refractivity (Wildman–Crippen MR) is 239 cm³/mol. The van der Waals surface area contributed by atoms with Crippen molar-refractivity contribution in [3.05, 3.63) is 231 Å². The van der Waals surface area contributed by atoms with Gasteiger partial charge in [0, 0.05) is 6.20 Å². The molecule has 0 atom stereocenters. The van der Waals surface area contributed by atoms with Gasteiger partial charge in [-0.1, -0.05) is 140 Å². The fourth-order valence-electron chi connectivity index (χ4n) is 6.68. The maximum absolute atomic E-state index is 6.94. The van der Waals surface area contributed by atoms with Crippen molar-refractivity contribution in [2.45, 2.75) is 0 Å². The van der Waals surface area contributed by atoms with Crippen LogP contribution in [0.25, 0.3) is 22.8 Å². The molecule has 280 valence electrons. The fraction of sp³-hybridized carbons (Fsp3) is 0. The molecule has 57 heavy (non-hydrogen) atoms. The van der Waals surface area contributed by atoms with Gasteiger partial charge in [-0.15, -0.1) is 0 Å². The molecular formula is C50H40CuN3OP2+2. The summed E-state index contributed by atoms with van der Waals surface area (Å²) in [6.07, 6.45) is 3.52. The minimum Gasteiger partial charge on any atom is -0.449 e. The summed E-state index contributed by atoms with van der Waals surface area (Å²) < 4.78 is 6.94. The van der Waals surface area contributed by atoms with Gasteiger partial charge >= 0.3 is 17.1 Å². The van der Waals surface area contributed by atoms with Crippen LogP contribution in [0, 0.1) is 0 Å². The van der Waals surface area contributed by atoms with Crippen molar-refractivity contribution in [2.24, 2.45) is 0 Å². The molecule has 9 aromatic rings. The predicted octanol–water partition coefficient (Wildman–Crippen LogP) is 9.23. The zero-order valence-electron chi connectivity index (χ0n) is 31.0. The first-order valence-corrected chi connectivity index (χ1v) is 21.6. The topological polar surface area (TPSA) is 49.1 Å². The Labute approximate surface area is 347 Å². The van der Waals surface area contributed by atoms with E-state index in [0.29, 0.717) is 5.82 Å². The van der Waals surface area contributed by atoms with Gasteiger partial charge in [-0.2, -0.15) is 0 Å². The number of ether oxygens (including phenoxy) is 1. The Bertz CT molecular complexity index is 2300. The number of hydrogen-bond acceptors (Lipinski definition) is 3. The third-order valence-corrected chi connectivity index (χ3v) is 14.8.